The van der Waals surface area contributed by atoms with Crippen molar-refractivity contribution in [1.29, 1.82) is 0 Å². The highest BCUT2D eigenvalue weighted by Gasteiger charge is 2.34. The highest BCUT2D eigenvalue weighted by atomic mass is 79.9. The lowest BCUT2D eigenvalue weighted by atomic mass is 9.79. The highest BCUT2D eigenvalue weighted by Crippen LogP contribution is 2.42. The molecule has 0 unspecified atom stereocenters. The van der Waals surface area contributed by atoms with Gasteiger partial charge >= 0.3 is 0 Å². The van der Waals surface area contributed by atoms with Gasteiger partial charge in [-0.1, -0.05) is 41.3 Å². The summed E-state index contributed by atoms with van der Waals surface area (Å²) in [6.07, 6.45) is 5.01. The lowest BCUT2D eigenvalue weighted by molar-refractivity contribution is -0.000563. The lowest BCUT2D eigenvalue weighted by Crippen LogP contribution is -2.29. The molecule has 1 aromatic rings. The Morgan fingerprint density at radius 3 is 2.47 bits per heavy atom. The Hall–Kier alpha value is -0.540. The van der Waals surface area contributed by atoms with Crippen molar-refractivity contribution in [3.63, 3.8) is 0 Å². The van der Waals surface area contributed by atoms with E-state index in [-0.39, 0.29) is 0 Å². The maximum Gasteiger partial charge on any atom is 0.0927 e. The Morgan fingerprint density at radius 1 is 1.20 bits per heavy atom. The van der Waals surface area contributed by atoms with Crippen molar-refractivity contribution in [2.45, 2.75) is 37.7 Å². The molecule has 1 aliphatic carbocycles. The molecule has 0 saturated heterocycles. The van der Waals surface area contributed by atoms with Gasteiger partial charge in [0.05, 0.1) is 5.60 Å². The summed E-state index contributed by atoms with van der Waals surface area (Å²) >= 11 is 3.48. The average molecular weight is 270 g/mol. The number of benzene rings is 1. The number of nitrogens with two attached hydrogens (primary N) is 1. The quantitative estimate of drug-likeness (QED) is 0.770. The van der Waals surface area contributed by atoms with E-state index >= 15 is 0 Å². The third kappa shape index (κ3) is 2.04. The fraction of sp³-hybridized carbons (Fsp3) is 0.500. The van der Waals surface area contributed by atoms with Crippen LogP contribution in [0.1, 0.15) is 37.7 Å². The van der Waals surface area contributed by atoms with Gasteiger partial charge in [-0.25, -0.2) is 0 Å². The minimum atomic E-state index is -0.720. The SMILES string of the molecule is Nc1cccc(Br)c1C1(O)CCCCC1. The van der Waals surface area contributed by atoms with Gasteiger partial charge in [-0.2, -0.15) is 0 Å². The molecule has 2 rings (SSSR count). The Bertz CT molecular complexity index is 338. The second-order valence-corrected chi connectivity index (χ2v) is 5.15. The Morgan fingerprint density at radius 2 is 1.87 bits per heavy atom. The monoisotopic (exact) mass is 269 g/mol. The molecule has 3 N–H and O–H groups in total. The van der Waals surface area contributed by atoms with E-state index in [1.165, 1.54) is 6.42 Å². The number of hydrogen-bond donors (Lipinski definition) is 2. The van der Waals surface area contributed by atoms with E-state index in [1.807, 2.05) is 18.2 Å². The van der Waals surface area contributed by atoms with Crippen molar-refractivity contribution < 1.29 is 5.11 Å². The van der Waals surface area contributed by atoms with Crippen molar-refractivity contribution >= 4 is 21.6 Å². The van der Waals surface area contributed by atoms with Gasteiger partial charge in [-0.15, -0.1) is 0 Å². The zero-order valence-corrected chi connectivity index (χ0v) is 10.3. The number of anilines is 1. The van der Waals surface area contributed by atoms with Crippen LogP contribution in [0.15, 0.2) is 22.7 Å². The van der Waals surface area contributed by atoms with Crippen molar-refractivity contribution in [3.05, 3.63) is 28.2 Å². The molecule has 0 spiro atoms. The molecule has 0 atom stereocenters. The second kappa shape index (κ2) is 4.14. The number of aliphatic hydroxyl groups is 1. The van der Waals surface area contributed by atoms with E-state index in [4.69, 9.17) is 5.73 Å². The highest BCUT2D eigenvalue weighted by molar-refractivity contribution is 9.10. The first-order valence-corrected chi connectivity index (χ1v) is 6.20. The summed E-state index contributed by atoms with van der Waals surface area (Å²) in [6, 6.07) is 5.69. The molecule has 0 amide bonds. The third-order valence-electron chi connectivity index (χ3n) is 3.19. The predicted molar refractivity (Wildman–Crippen MR) is 65.5 cm³/mol. The summed E-state index contributed by atoms with van der Waals surface area (Å²) in [4.78, 5) is 0. The first-order chi connectivity index (χ1) is 7.13. The van der Waals surface area contributed by atoms with Crippen LogP contribution >= 0.6 is 15.9 Å². The van der Waals surface area contributed by atoms with Crippen LogP contribution < -0.4 is 5.73 Å². The van der Waals surface area contributed by atoms with Crippen LogP contribution in [0.5, 0.6) is 0 Å². The van der Waals surface area contributed by atoms with Gasteiger partial charge in [-0.3, -0.25) is 0 Å². The first-order valence-electron chi connectivity index (χ1n) is 5.40. The van der Waals surface area contributed by atoms with Crippen LogP contribution in [0.2, 0.25) is 0 Å². The molecule has 0 heterocycles. The molecule has 1 aromatic carbocycles. The Labute approximate surface area is 98.6 Å². The number of rotatable bonds is 1. The van der Waals surface area contributed by atoms with Crippen molar-refractivity contribution in [3.8, 4) is 0 Å². The van der Waals surface area contributed by atoms with Gasteiger partial charge < -0.3 is 10.8 Å². The third-order valence-corrected chi connectivity index (χ3v) is 3.85. The number of hydrogen-bond acceptors (Lipinski definition) is 2. The smallest absolute Gasteiger partial charge is 0.0927 e. The van der Waals surface area contributed by atoms with E-state index in [2.05, 4.69) is 15.9 Å². The topological polar surface area (TPSA) is 46.2 Å². The van der Waals surface area contributed by atoms with Crippen LogP contribution in [0, 0.1) is 0 Å². The molecule has 2 nitrogen and oxygen atoms in total. The first kappa shape index (κ1) is 11.0. The molecule has 3 heteroatoms. The van der Waals surface area contributed by atoms with Gasteiger partial charge in [0.1, 0.15) is 0 Å². The van der Waals surface area contributed by atoms with E-state index in [0.717, 1.165) is 35.7 Å². The summed E-state index contributed by atoms with van der Waals surface area (Å²) in [7, 11) is 0. The van der Waals surface area contributed by atoms with Gasteiger partial charge in [0.2, 0.25) is 0 Å². The molecule has 1 saturated carbocycles. The summed E-state index contributed by atoms with van der Waals surface area (Å²) in [5.74, 6) is 0. The predicted octanol–water partition coefficient (Wildman–Crippen LogP) is 3.18. The van der Waals surface area contributed by atoms with E-state index in [0.29, 0.717) is 5.69 Å². The van der Waals surface area contributed by atoms with E-state index in [1.54, 1.807) is 0 Å². The summed E-state index contributed by atoms with van der Waals surface area (Å²) in [5.41, 5.74) is 6.80. The van der Waals surface area contributed by atoms with Gasteiger partial charge in [0.15, 0.2) is 0 Å². The Kier molecular flexibility index (Phi) is 3.03. The van der Waals surface area contributed by atoms with Crippen LogP contribution in [0.4, 0.5) is 5.69 Å². The molecule has 1 fully saturated rings. The minimum Gasteiger partial charge on any atom is -0.398 e. The zero-order chi connectivity index (χ0) is 10.9. The molecule has 0 bridgehead atoms. The fourth-order valence-corrected chi connectivity index (χ4v) is 3.17. The van der Waals surface area contributed by atoms with Gasteiger partial charge in [0.25, 0.3) is 0 Å². The van der Waals surface area contributed by atoms with Crippen molar-refractivity contribution in [1.82, 2.24) is 0 Å². The largest absolute Gasteiger partial charge is 0.398 e. The van der Waals surface area contributed by atoms with E-state index in [9.17, 15) is 5.11 Å². The molecule has 0 aliphatic heterocycles. The average Bonchev–Trinajstić information content (AvgIpc) is 2.18. The van der Waals surface area contributed by atoms with Gasteiger partial charge in [-0.05, 0) is 25.0 Å². The standard InChI is InChI=1S/C12H16BrNO/c13-9-5-4-6-10(14)11(9)12(15)7-2-1-3-8-12/h4-6,15H,1-3,7-8,14H2. The maximum absolute atomic E-state index is 10.6. The zero-order valence-electron chi connectivity index (χ0n) is 8.67. The van der Waals surface area contributed by atoms with Crippen LogP contribution in [-0.2, 0) is 5.60 Å². The van der Waals surface area contributed by atoms with Crippen molar-refractivity contribution in [2.24, 2.45) is 0 Å². The summed E-state index contributed by atoms with van der Waals surface area (Å²) in [5, 5.41) is 10.6. The molecule has 82 valence electrons. The normalized spacial score (nSPS) is 20.1. The molecular weight excluding hydrogens is 254 g/mol. The number of nitrogen functional groups attached to an aromatic ring is 1. The fourth-order valence-electron chi connectivity index (χ4n) is 2.42. The number of halogens is 1. The molecule has 15 heavy (non-hydrogen) atoms. The van der Waals surface area contributed by atoms with Crippen LogP contribution in [-0.4, -0.2) is 5.11 Å². The maximum atomic E-state index is 10.6. The van der Waals surface area contributed by atoms with Gasteiger partial charge in [0, 0.05) is 15.7 Å². The minimum absolute atomic E-state index is 0.689. The Balaban J connectivity index is 2.42. The molecule has 0 radical (unpaired) electrons. The van der Waals surface area contributed by atoms with Crippen molar-refractivity contribution in [2.75, 3.05) is 5.73 Å². The second-order valence-electron chi connectivity index (χ2n) is 4.30. The molecule has 1 aliphatic rings. The summed E-state index contributed by atoms with van der Waals surface area (Å²) < 4.78 is 0.923. The lowest BCUT2D eigenvalue weighted by Gasteiger charge is -2.34. The van der Waals surface area contributed by atoms with Crippen LogP contribution in [0.25, 0.3) is 0 Å². The molecular formula is C12H16BrNO. The summed E-state index contributed by atoms with van der Waals surface area (Å²) in [6.45, 7) is 0. The molecule has 0 aromatic heterocycles. The van der Waals surface area contributed by atoms with E-state index < -0.39 is 5.60 Å². The van der Waals surface area contributed by atoms with Crippen LogP contribution in [0.3, 0.4) is 0 Å².